The van der Waals surface area contributed by atoms with Crippen LogP contribution in [0.2, 0.25) is 0 Å². The zero-order valence-electron chi connectivity index (χ0n) is 11.0. The molecule has 2 aromatic carbocycles. The molecule has 0 spiro atoms. The van der Waals surface area contributed by atoms with Crippen LogP contribution in [0, 0.1) is 15.9 Å². The van der Waals surface area contributed by atoms with Gasteiger partial charge in [0.05, 0.1) is 17.1 Å². The number of hydrogen-bond acceptors (Lipinski definition) is 4. The molecule has 21 heavy (non-hydrogen) atoms. The van der Waals surface area contributed by atoms with E-state index in [1.807, 2.05) is 24.3 Å². The van der Waals surface area contributed by atoms with Crippen molar-refractivity contribution in [2.75, 3.05) is 5.32 Å². The van der Waals surface area contributed by atoms with Crippen LogP contribution in [0.25, 0.3) is 0 Å². The van der Waals surface area contributed by atoms with Crippen molar-refractivity contribution in [3.63, 3.8) is 0 Å². The molecule has 0 radical (unpaired) electrons. The summed E-state index contributed by atoms with van der Waals surface area (Å²) < 4.78 is 13.4. The maximum Gasteiger partial charge on any atom is 0.292 e. The number of anilines is 1. The number of nitro benzene ring substituents is 1. The van der Waals surface area contributed by atoms with Gasteiger partial charge in [-0.2, -0.15) is 0 Å². The van der Waals surface area contributed by atoms with Gasteiger partial charge < -0.3 is 10.4 Å². The quantitative estimate of drug-likeness (QED) is 0.672. The van der Waals surface area contributed by atoms with E-state index in [1.165, 1.54) is 0 Å². The lowest BCUT2D eigenvalue weighted by atomic mass is 10.1. The lowest BCUT2D eigenvalue weighted by molar-refractivity contribution is -0.384. The molecule has 2 aromatic rings. The van der Waals surface area contributed by atoms with Crippen LogP contribution in [0.1, 0.15) is 17.2 Å². The van der Waals surface area contributed by atoms with Gasteiger partial charge in [-0.1, -0.05) is 24.3 Å². The van der Waals surface area contributed by atoms with Crippen LogP contribution in [-0.2, 0) is 6.42 Å². The zero-order valence-corrected chi connectivity index (χ0v) is 11.0. The molecular formula is C15H13FN2O3. The van der Waals surface area contributed by atoms with E-state index in [4.69, 9.17) is 0 Å². The minimum absolute atomic E-state index is 0.0701. The zero-order chi connectivity index (χ0) is 15.0. The molecule has 0 amide bonds. The van der Waals surface area contributed by atoms with Gasteiger partial charge in [-0.15, -0.1) is 0 Å². The summed E-state index contributed by atoms with van der Waals surface area (Å²) in [4.78, 5) is 10.4. The van der Waals surface area contributed by atoms with Crippen molar-refractivity contribution >= 4 is 11.4 Å². The second-order valence-electron chi connectivity index (χ2n) is 5.01. The predicted octanol–water partition coefficient (Wildman–Crippen LogP) is 2.80. The Bertz CT molecular complexity index is 705. The number of nitrogens with one attached hydrogen (secondary N) is 1. The average Bonchev–Trinajstić information content (AvgIpc) is 2.75. The first-order chi connectivity index (χ1) is 10.1. The van der Waals surface area contributed by atoms with Gasteiger partial charge in [0.25, 0.3) is 5.69 Å². The van der Waals surface area contributed by atoms with Crippen LogP contribution < -0.4 is 5.32 Å². The molecule has 0 bridgehead atoms. The van der Waals surface area contributed by atoms with Crippen molar-refractivity contribution < 1.29 is 14.4 Å². The first kappa shape index (κ1) is 13.5. The van der Waals surface area contributed by atoms with Gasteiger partial charge in [-0.05, 0) is 17.2 Å². The monoisotopic (exact) mass is 288 g/mol. The number of nitrogens with zero attached hydrogens (tertiary/aromatic N) is 1. The number of aliphatic hydroxyl groups is 1. The number of benzene rings is 2. The normalized spacial score (nSPS) is 20.1. The summed E-state index contributed by atoms with van der Waals surface area (Å²) in [5.41, 5.74) is 1.72. The fourth-order valence-corrected chi connectivity index (χ4v) is 2.70. The summed E-state index contributed by atoms with van der Waals surface area (Å²) in [5, 5.41) is 24.1. The maximum absolute atomic E-state index is 13.4. The Morgan fingerprint density at radius 1 is 1.29 bits per heavy atom. The highest BCUT2D eigenvalue weighted by Gasteiger charge is 2.32. The summed E-state index contributed by atoms with van der Waals surface area (Å²) in [6.45, 7) is 0. The van der Waals surface area contributed by atoms with Gasteiger partial charge in [-0.25, -0.2) is 4.39 Å². The van der Waals surface area contributed by atoms with Crippen LogP contribution in [0.15, 0.2) is 42.5 Å². The minimum atomic E-state index is -0.703. The van der Waals surface area contributed by atoms with Crippen molar-refractivity contribution in [1.82, 2.24) is 0 Å². The third kappa shape index (κ3) is 2.45. The first-order valence-electron chi connectivity index (χ1n) is 6.52. The molecule has 1 aliphatic carbocycles. The molecule has 6 heteroatoms. The van der Waals surface area contributed by atoms with E-state index < -0.39 is 22.9 Å². The fourth-order valence-electron chi connectivity index (χ4n) is 2.70. The number of nitro groups is 1. The van der Waals surface area contributed by atoms with Gasteiger partial charge in [0.15, 0.2) is 0 Å². The van der Waals surface area contributed by atoms with Crippen LogP contribution in [0.3, 0.4) is 0 Å². The highest BCUT2D eigenvalue weighted by molar-refractivity contribution is 5.63. The molecule has 0 unspecified atom stereocenters. The summed E-state index contributed by atoms with van der Waals surface area (Å²) in [5.74, 6) is -0.566. The third-order valence-corrected chi connectivity index (χ3v) is 3.67. The van der Waals surface area contributed by atoms with Gasteiger partial charge in [0.2, 0.25) is 0 Å². The lowest BCUT2D eigenvalue weighted by Crippen LogP contribution is -2.21. The number of halogens is 1. The molecule has 2 N–H and O–H groups in total. The molecule has 2 atom stereocenters. The van der Waals surface area contributed by atoms with Gasteiger partial charge in [-0.3, -0.25) is 10.1 Å². The Morgan fingerprint density at radius 3 is 2.81 bits per heavy atom. The number of fused-ring (bicyclic) bond motifs is 1. The van der Waals surface area contributed by atoms with Crippen molar-refractivity contribution in [3.8, 4) is 0 Å². The second kappa shape index (κ2) is 5.14. The fraction of sp³-hybridized carbons (Fsp3) is 0.200. The smallest absolute Gasteiger partial charge is 0.292 e. The summed E-state index contributed by atoms with van der Waals surface area (Å²) in [6, 6.07) is 10.2. The van der Waals surface area contributed by atoms with Crippen molar-refractivity contribution in [1.29, 1.82) is 0 Å². The summed E-state index contributed by atoms with van der Waals surface area (Å²) in [7, 11) is 0. The van der Waals surface area contributed by atoms with E-state index in [0.717, 1.165) is 29.3 Å². The third-order valence-electron chi connectivity index (χ3n) is 3.67. The standard InChI is InChI=1S/C15H13FN2O3/c16-10-5-6-13(18(20)21)12(8-10)17-15-11-4-2-1-3-9(11)7-14(15)19/h1-6,8,14-15,17,19H,7H2/t14-,15+/m0/s1. The van der Waals surface area contributed by atoms with Crippen molar-refractivity contribution in [3.05, 3.63) is 69.5 Å². The largest absolute Gasteiger partial charge is 0.390 e. The van der Waals surface area contributed by atoms with Crippen molar-refractivity contribution in [2.24, 2.45) is 0 Å². The molecule has 0 heterocycles. The van der Waals surface area contributed by atoms with Crippen LogP contribution in [0.5, 0.6) is 0 Å². The Kier molecular flexibility index (Phi) is 3.31. The highest BCUT2D eigenvalue weighted by atomic mass is 19.1. The molecular weight excluding hydrogens is 275 g/mol. The SMILES string of the molecule is O=[N+]([O-])c1ccc(F)cc1N[C@@H]1c2ccccc2C[C@@H]1O. The number of aliphatic hydroxyl groups excluding tert-OH is 1. The van der Waals surface area contributed by atoms with E-state index in [9.17, 15) is 19.6 Å². The van der Waals surface area contributed by atoms with E-state index in [-0.39, 0.29) is 11.4 Å². The second-order valence-corrected chi connectivity index (χ2v) is 5.01. The lowest BCUT2D eigenvalue weighted by Gasteiger charge is -2.19. The molecule has 0 saturated carbocycles. The molecule has 1 aliphatic rings. The van der Waals surface area contributed by atoms with E-state index in [0.29, 0.717) is 6.42 Å². The van der Waals surface area contributed by atoms with Crippen LogP contribution in [0.4, 0.5) is 15.8 Å². The Balaban J connectivity index is 1.97. The Labute approximate surface area is 120 Å². The van der Waals surface area contributed by atoms with Crippen molar-refractivity contribution in [2.45, 2.75) is 18.6 Å². The molecule has 0 aromatic heterocycles. The van der Waals surface area contributed by atoms with E-state index >= 15 is 0 Å². The maximum atomic E-state index is 13.4. The van der Waals surface area contributed by atoms with Crippen LogP contribution >= 0.6 is 0 Å². The first-order valence-corrected chi connectivity index (χ1v) is 6.52. The predicted molar refractivity (Wildman–Crippen MR) is 75.6 cm³/mol. The molecule has 0 aliphatic heterocycles. The highest BCUT2D eigenvalue weighted by Crippen LogP contribution is 2.36. The molecule has 0 saturated heterocycles. The Hall–Kier alpha value is -2.47. The summed E-state index contributed by atoms with van der Waals surface area (Å²) in [6.07, 6.45) is -0.234. The molecule has 108 valence electrons. The van der Waals surface area contributed by atoms with E-state index in [1.54, 1.807) is 0 Å². The number of hydrogen-bond donors (Lipinski definition) is 2. The topological polar surface area (TPSA) is 75.4 Å². The van der Waals surface area contributed by atoms with Gasteiger partial charge in [0, 0.05) is 18.6 Å². The van der Waals surface area contributed by atoms with Crippen LogP contribution in [-0.4, -0.2) is 16.1 Å². The van der Waals surface area contributed by atoms with Gasteiger partial charge in [0.1, 0.15) is 11.5 Å². The summed E-state index contributed by atoms with van der Waals surface area (Å²) >= 11 is 0. The minimum Gasteiger partial charge on any atom is -0.390 e. The Morgan fingerprint density at radius 2 is 2.05 bits per heavy atom. The molecule has 5 nitrogen and oxygen atoms in total. The number of rotatable bonds is 3. The molecule has 0 fully saturated rings. The average molecular weight is 288 g/mol. The molecule has 3 rings (SSSR count). The van der Waals surface area contributed by atoms with E-state index in [2.05, 4.69) is 5.32 Å². The van der Waals surface area contributed by atoms with Gasteiger partial charge >= 0.3 is 0 Å².